The van der Waals surface area contributed by atoms with E-state index in [1.165, 1.54) is 0 Å². The Hall–Kier alpha value is -1.52. The van der Waals surface area contributed by atoms with Gasteiger partial charge in [-0.05, 0) is 44.9 Å². The molecule has 1 unspecified atom stereocenters. The summed E-state index contributed by atoms with van der Waals surface area (Å²) in [6.45, 7) is 11.0. The second kappa shape index (κ2) is 7.81. The van der Waals surface area contributed by atoms with Crippen LogP contribution in [0.25, 0.3) is 0 Å². The Kier molecular flexibility index (Phi) is 6.39. The molecule has 0 aliphatic carbocycles. The molecule has 106 valence electrons. The molecule has 4 heteroatoms. The molecule has 1 atom stereocenters. The van der Waals surface area contributed by atoms with E-state index >= 15 is 0 Å². The number of nitrogens with two attached hydrogens (primary N) is 1. The van der Waals surface area contributed by atoms with E-state index < -0.39 is 0 Å². The van der Waals surface area contributed by atoms with Crippen molar-refractivity contribution in [2.75, 3.05) is 13.2 Å². The van der Waals surface area contributed by atoms with Crippen LogP contribution in [0.3, 0.4) is 0 Å². The van der Waals surface area contributed by atoms with E-state index in [1.807, 2.05) is 39.0 Å². The van der Waals surface area contributed by atoms with Crippen LogP contribution in [0.1, 0.15) is 38.8 Å². The fourth-order valence-electron chi connectivity index (χ4n) is 1.91. The minimum absolute atomic E-state index is 0.0346. The number of rotatable bonds is 8. The molecule has 4 nitrogen and oxygen atoms in total. The molecular weight excluding hydrogens is 240 g/mol. The van der Waals surface area contributed by atoms with Crippen LogP contribution in [0.15, 0.2) is 30.4 Å². The monoisotopic (exact) mass is 264 g/mol. The molecule has 0 heterocycles. The van der Waals surface area contributed by atoms with Crippen LogP contribution in [0.5, 0.6) is 11.5 Å². The Bertz CT molecular complexity index is 419. The SMILES string of the molecule is C=C(C)CC(NN)c1ccc(OCC)c(OCC)c1. The summed E-state index contributed by atoms with van der Waals surface area (Å²) in [5, 5.41) is 0. The summed E-state index contributed by atoms with van der Waals surface area (Å²) < 4.78 is 11.2. The van der Waals surface area contributed by atoms with E-state index in [4.69, 9.17) is 15.3 Å². The predicted octanol–water partition coefficient (Wildman–Crippen LogP) is 2.95. The molecule has 0 saturated carbocycles. The van der Waals surface area contributed by atoms with Crippen molar-refractivity contribution in [2.24, 2.45) is 5.84 Å². The van der Waals surface area contributed by atoms with Gasteiger partial charge in [0.1, 0.15) is 0 Å². The number of hydrazine groups is 1. The fourth-order valence-corrected chi connectivity index (χ4v) is 1.91. The van der Waals surface area contributed by atoms with Crippen molar-refractivity contribution in [3.05, 3.63) is 35.9 Å². The topological polar surface area (TPSA) is 56.5 Å². The third-order valence-electron chi connectivity index (χ3n) is 2.72. The van der Waals surface area contributed by atoms with E-state index in [0.29, 0.717) is 13.2 Å². The molecule has 1 aromatic carbocycles. The second-order valence-electron chi connectivity index (χ2n) is 4.45. The zero-order chi connectivity index (χ0) is 14.3. The summed E-state index contributed by atoms with van der Waals surface area (Å²) in [6, 6.07) is 5.93. The van der Waals surface area contributed by atoms with Crippen LogP contribution < -0.4 is 20.7 Å². The lowest BCUT2D eigenvalue weighted by Crippen LogP contribution is -2.28. The molecule has 1 rings (SSSR count). The van der Waals surface area contributed by atoms with Crippen molar-refractivity contribution in [1.29, 1.82) is 0 Å². The summed E-state index contributed by atoms with van der Waals surface area (Å²) in [6.07, 6.45) is 0.788. The fraction of sp³-hybridized carbons (Fsp3) is 0.467. The first-order valence-corrected chi connectivity index (χ1v) is 6.62. The standard InChI is InChI=1S/C15H24N2O2/c1-5-18-14-8-7-12(10-15(14)19-6-2)13(17-16)9-11(3)4/h7-8,10,13,17H,3,5-6,9,16H2,1-2,4H3. The van der Waals surface area contributed by atoms with Crippen LogP contribution in [-0.4, -0.2) is 13.2 Å². The summed E-state index contributed by atoms with van der Waals surface area (Å²) >= 11 is 0. The van der Waals surface area contributed by atoms with Crippen LogP contribution in [0.2, 0.25) is 0 Å². The molecule has 0 spiro atoms. The molecule has 0 saturated heterocycles. The molecule has 0 aliphatic rings. The smallest absolute Gasteiger partial charge is 0.161 e. The lowest BCUT2D eigenvalue weighted by Gasteiger charge is -2.19. The summed E-state index contributed by atoms with van der Waals surface area (Å²) in [5.74, 6) is 7.13. The maximum Gasteiger partial charge on any atom is 0.161 e. The Balaban J connectivity index is 3.01. The predicted molar refractivity (Wildman–Crippen MR) is 78.3 cm³/mol. The minimum atomic E-state index is 0.0346. The van der Waals surface area contributed by atoms with Crippen LogP contribution in [-0.2, 0) is 0 Å². The number of ether oxygens (including phenoxy) is 2. The van der Waals surface area contributed by atoms with Crippen molar-refractivity contribution in [3.8, 4) is 11.5 Å². The van der Waals surface area contributed by atoms with Crippen LogP contribution in [0, 0.1) is 0 Å². The maximum atomic E-state index is 5.61. The van der Waals surface area contributed by atoms with Gasteiger partial charge in [0.05, 0.1) is 13.2 Å². The average Bonchev–Trinajstić information content (AvgIpc) is 2.38. The Labute approximate surface area is 115 Å². The highest BCUT2D eigenvalue weighted by Crippen LogP contribution is 2.32. The van der Waals surface area contributed by atoms with Gasteiger partial charge in [-0.3, -0.25) is 11.3 Å². The van der Waals surface area contributed by atoms with Crippen molar-refractivity contribution in [3.63, 3.8) is 0 Å². The van der Waals surface area contributed by atoms with E-state index in [-0.39, 0.29) is 6.04 Å². The first kappa shape index (κ1) is 15.5. The first-order valence-electron chi connectivity index (χ1n) is 6.62. The number of hydrogen-bond acceptors (Lipinski definition) is 4. The molecule has 1 aromatic rings. The van der Waals surface area contributed by atoms with Gasteiger partial charge in [-0.15, -0.1) is 6.58 Å². The second-order valence-corrected chi connectivity index (χ2v) is 4.45. The molecule has 0 bridgehead atoms. The highest BCUT2D eigenvalue weighted by atomic mass is 16.5. The van der Waals surface area contributed by atoms with Gasteiger partial charge in [0, 0.05) is 6.04 Å². The van der Waals surface area contributed by atoms with Crippen molar-refractivity contribution < 1.29 is 9.47 Å². The van der Waals surface area contributed by atoms with Gasteiger partial charge < -0.3 is 9.47 Å². The molecule has 0 aliphatic heterocycles. The molecule has 0 amide bonds. The Morgan fingerprint density at radius 1 is 1.26 bits per heavy atom. The van der Waals surface area contributed by atoms with E-state index in [2.05, 4.69) is 12.0 Å². The van der Waals surface area contributed by atoms with Gasteiger partial charge in [-0.2, -0.15) is 0 Å². The average molecular weight is 264 g/mol. The zero-order valence-electron chi connectivity index (χ0n) is 12.0. The third kappa shape index (κ3) is 4.58. The van der Waals surface area contributed by atoms with Gasteiger partial charge in [0.15, 0.2) is 11.5 Å². The summed E-state index contributed by atoms with van der Waals surface area (Å²) in [7, 11) is 0. The minimum Gasteiger partial charge on any atom is -0.490 e. The van der Waals surface area contributed by atoms with Crippen molar-refractivity contribution in [2.45, 2.75) is 33.2 Å². The highest BCUT2D eigenvalue weighted by molar-refractivity contribution is 5.44. The van der Waals surface area contributed by atoms with Gasteiger partial charge in [0.25, 0.3) is 0 Å². The first-order chi connectivity index (χ1) is 9.12. The van der Waals surface area contributed by atoms with Crippen LogP contribution in [0.4, 0.5) is 0 Å². The van der Waals surface area contributed by atoms with Crippen molar-refractivity contribution in [1.82, 2.24) is 5.43 Å². The third-order valence-corrected chi connectivity index (χ3v) is 2.72. The lowest BCUT2D eigenvalue weighted by atomic mass is 10.0. The molecule has 19 heavy (non-hydrogen) atoms. The maximum absolute atomic E-state index is 5.61. The normalized spacial score (nSPS) is 12.0. The number of nitrogens with one attached hydrogen (secondary N) is 1. The van der Waals surface area contributed by atoms with Gasteiger partial charge >= 0.3 is 0 Å². The zero-order valence-corrected chi connectivity index (χ0v) is 12.0. The molecule has 0 aromatic heterocycles. The van der Waals surface area contributed by atoms with Gasteiger partial charge in [-0.1, -0.05) is 11.6 Å². The van der Waals surface area contributed by atoms with Crippen molar-refractivity contribution >= 4 is 0 Å². The number of benzene rings is 1. The Morgan fingerprint density at radius 2 is 1.89 bits per heavy atom. The quantitative estimate of drug-likeness (QED) is 0.430. The highest BCUT2D eigenvalue weighted by Gasteiger charge is 2.13. The molecule has 0 fully saturated rings. The lowest BCUT2D eigenvalue weighted by molar-refractivity contribution is 0.287. The van der Waals surface area contributed by atoms with E-state index in [0.717, 1.165) is 29.1 Å². The number of hydrogen-bond donors (Lipinski definition) is 2. The van der Waals surface area contributed by atoms with E-state index in [1.54, 1.807) is 0 Å². The van der Waals surface area contributed by atoms with Gasteiger partial charge in [0.2, 0.25) is 0 Å². The van der Waals surface area contributed by atoms with E-state index in [9.17, 15) is 0 Å². The Morgan fingerprint density at radius 3 is 2.42 bits per heavy atom. The molecular formula is C15H24N2O2. The molecule has 0 radical (unpaired) electrons. The summed E-state index contributed by atoms with van der Waals surface area (Å²) in [5.41, 5.74) is 4.96. The summed E-state index contributed by atoms with van der Waals surface area (Å²) in [4.78, 5) is 0. The largest absolute Gasteiger partial charge is 0.490 e. The van der Waals surface area contributed by atoms with Gasteiger partial charge in [-0.25, -0.2) is 0 Å². The molecule has 3 N–H and O–H groups in total. The van der Waals surface area contributed by atoms with Crippen LogP contribution >= 0.6 is 0 Å².